The number of fused-ring (bicyclic) bond motifs is 1. The van der Waals surface area contributed by atoms with E-state index in [-0.39, 0.29) is 0 Å². The van der Waals surface area contributed by atoms with E-state index in [1.165, 1.54) is 43.6 Å². The van der Waals surface area contributed by atoms with Crippen molar-refractivity contribution in [1.29, 1.82) is 0 Å². The SMILES string of the molecule is COc1ccc(CN)cc1CN1CC2CCCN2CC1C. The number of hydrogen-bond acceptors (Lipinski definition) is 4. The smallest absolute Gasteiger partial charge is 0.123 e. The first kappa shape index (κ1) is 14.8. The Kier molecular flexibility index (Phi) is 4.48. The van der Waals surface area contributed by atoms with Crippen molar-refractivity contribution in [3.63, 3.8) is 0 Å². The summed E-state index contributed by atoms with van der Waals surface area (Å²) in [6.07, 6.45) is 2.71. The van der Waals surface area contributed by atoms with E-state index in [4.69, 9.17) is 10.5 Å². The van der Waals surface area contributed by atoms with Crippen molar-refractivity contribution in [1.82, 2.24) is 9.80 Å². The van der Waals surface area contributed by atoms with Crippen LogP contribution in [0.5, 0.6) is 5.75 Å². The Bertz CT molecular complexity index is 491. The molecule has 116 valence electrons. The number of ether oxygens (including phenoxy) is 1. The summed E-state index contributed by atoms with van der Waals surface area (Å²) in [6.45, 7) is 7.55. The largest absolute Gasteiger partial charge is 0.496 e. The number of piperazine rings is 1. The fourth-order valence-electron chi connectivity index (χ4n) is 3.77. The minimum Gasteiger partial charge on any atom is -0.496 e. The highest BCUT2D eigenvalue weighted by Gasteiger charge is 2.34. The first-order chi connectivity index (χ1) is 10.2. The van der Waals surface area contributed by atoms with E-state index >= 15 is 0 Å². The molecule has 0 amide bonds. The summed E-state index contributed by atoms with van der Waals surface area (Å²) >= 11 is 0. The van der Waals surface area contributed by atoms with E-state index in [1.54, 1.807) is 7.11 Å². The van der Waals surface area contributed by atoms with Gasteiger partial charge >= 0.3 is 0 Å². The van der Waals surface area contributed by atoms with E-state index in [9.17, 15) is 0 Å². The molecule has 2 aliphatic heterocycles. The van der Waals surface area contributed by atoms with Crippen LogP contribution in [0.1, 0.15) is 30.9 Å². The molecule has 0 radical (unpaired) electrons. The van der Waals surface area contributed by atoms with Gasteiger partial charge < -0.3 is 10.5 Å². The molecule has 0 bridgehead atoms. The number of nitrogens with zero attached hydrogens (tertiary/aromatic N) is 2. The molecule has 0 aromatic heterocycles. The van der Waals surface area contributed by atoms with E-state index in [1.807, 2.05) is 6.07 Å². The van der Waals surface area contributed by atoms with Crippen LogP contribution in [0.2, 0.25) is 0 Å². The van der Waals surface area contributed by atoms with Gasteiger partial charge in [0.05, 0.1) is 7.11 Å². The van der Waals surface area contributed by atoms with Crippen LogP contribution in [0.4, 0.5) is 0 Å². The topological polar surface area (TPSA) is 41.7 Å². The number of hydrogen-bond donors (Lipinski definition) is 1. The molecule has 2 N–H and O–H groups in total. The summed E-state index contributed by atoms with van der Waals surface area (Å²) in [5, 5.41) is 0. The highest BCUT2D eigenvalue weighted by atomic mass is 16.5. The van der Waals surface area contributed by atoms with Crippen LogP contribution in [0.15, 0.2) is 18.2 Å². The number of rotatable bonds is 4. The summed E-state index contributed by atoms with van der Waals surface area (Å²) in [4.78, 5) is 5.26. The molecule has 2 saturated heterocycles. The van der Waals surface area contributed by atoms with Gasteiger partial charge in [-0.1, -0.05) is 6.07 Å². The molecule has 1 aromatic carbocycles. The molecule has 2 heterocycles. The zero-order valence-electron chi connectivity index (χ0n) is 13.2. The molecular weight excluding hydrogens is 262 g/mol. The Labute approximate surface area is 127 Å². The molecule has 2 aliphatic rings. The molecular formula is C17H27N3O. The maximum atomic E-state index is 5.78. The normalized spacial score (nSPS) is 26.8. The molecule has 4 nitrogen and oxygen atoms in total. The third-order valence-electron chi connectivity index (χ3n) is 5.02. The summed E-state index contributed by atoms with van der Waals surface area (Å²) in [5.74, 6) is 0.980. The first-order valence-corrected chi connectivity index (χ1v) is 8.05. The third-order valence-corrected chi connectivity index (χ3v) is 5.02. The summed E-state index contributed by atoms with van der Waals surface area (Å²) in [5.41, 5.74) is 8.22. The van der Waals surface area contributed by atoms with Crippen LogP contribution in [0, 0.1) is 0 Å². The molecule has 2 fully saturated rings. The minimum atomic E-state index is 0.586. The summed E-state index contributed by atoms with van der Waals surface area (Å²) < 4.78 is 5.53. The molecule has 3 rings (SSSR count). The van der Waals surface area contributed by atoms with E-state index < -0.39 is 0 Å². The Morgan fingerprint density at radius 3 is 2.95 bits per heavy atom. The lowest BCUT2D eigenvalue weighted by Gasteiger charge is -2.42. The molecule has 1 aromatic rings. The average Bonchev–Trinajstić information content (AvgIpc) is 2.94. The lowest BCUT2D eigenvalue weighted by molar-refractivity contribution is 0.0535. The van der Waals surface area contributed by atoms with Gasteiger partial charge in [-0.05, 0) is 44.0 Å². The predicted octanol–water partition coefficient (Wildman–Crippen LogP) is 1.82. The van der Waals surface area contributed by atoms with Crippen LogP contribution >= 0.6 is 0 Å². The highest BCUT2D eigenvalue weighted by molar-refractivity contribution is 5.37. The standard InChI is InChI=1S/C17H27N3O/c1-13-10-19-7-3-4-16(19)12-20(13)11-15-8-14(9-18)5-6-17(15)21-2/h5-6,8,13,16H,3-4,7,9-12,18H2,1-2H3. The number of nitrogens with two attached hydrogens (primary N) is 1. The van der Waals surface area contributed by atoms with Crippen LogP contribution < -0.4 is 10.5 Å². The highest BCUT2D eigenvalue weighted by Crippen LogP contribution is 2.28. The van der Waals surface area contributed by atoms with Crippen LogP contribution in [0.3, 0.4) is 0 Å². The molecule has 2 unspecified atom stereocenters. The fraction of sp³-hybridized carbons (Fsp3) is 0.647. The monoisotopic (exact) mass is 289 g/mol. The van der Waals surface area contributed by atoms with Gasteiger partial charge in [-0.25, -0.2) is 0 Å². The molecule has 4 heteroatoms. The second-order valence-corrected chi connectivity index (χ2v) is 6.42. The zero-order chi connectivity index (χ0) is 14.8. The quantitative estimate of drug-likeness (QED) is 0.918. The lowest BCUT2D eigenvalue weighted by atomic mass is 10.0. The van der Waals surface area contributed by atoms with Gasteiger partial charge in [-0.2, -0.15) is 0 Å². The van der Waals surface area contributed by atoms with Crippen molar-refractivity contribution in [2.24, 2.45) is 5.73 Å². The van der Waals surface area contributed by atoms with Crippen LogP contribution in [0.25, 0.3) is 0 Å². The zero-order valence-corrected chi connectivity index (χ0v) is 13.2. The summed E-state index contributed by atoms with van der Waals surface area (Å²) in [7, 11) is 1.75. The molecule has 21 heavy (non-hydrogen) atoms. The molecule has 0 spiro atoms. The van der Waals surface area contributed by atoms with Gasteiger partial charge in [0.1, 0.15) is 5.75 Å². The third kappa shape index (κ3) is 3.07. The first-order valence-electron chi connectivity index (χ1n) is 8.05. The Hall–Kier alpha value is -1.10. The number of methoxy groups -OCH3 is 1. The maximum absolute atomic E-state index is 5.78. The van der Waals surface area contributed by atoms with E-state index in [0.717, 1.165) is 18.3 Å². The molecule has 2 atom stereocenters. The van der Waals surface area contributed by atoms with Crippen molar-refractivity contribution in [3.05, 3.63) is 29.3 Å². The number of benzene rings is 1. The Morgan fingerprint density at radius 2 is 2.19 bits per heavy atom. The lowest BCUT2D eigenvalue weighted by Crippen LogP contribution is -2.54. The minimum absolute atomic E-state index is 0.586. The van der Waals surface area contributed by atoms with Crippen molar-refractivity contribution in [2.75, 3.05) is 26.7 Å². The van der Waals surface area contributed by atoms with Crippen LogP contribution in [-0.4, -0.2) is 48.6 Å². The van der Waals surface area contributed by atoms with Crippen molar-refractivity contribution in [2.45, 2.75) is 44.9 Å². The fourth-order valence-corrected chi connectivity index (χ4v) is 3.77. The Morgan fingerprint density at radius 1 is 1.33 bits per heavy atom. The second-order valence-electron chi connectivity index (χ2n) is 6.42. The average molecular weight is 289 g/mol. The van der Waals surface area contributed by atoms with E-state index in [2.05, 4.69) is 28.9 Å². The predicted molar refractivity (Wildman–Crippen MR) is 85.4 cm³/mol. The molecule has 0 saturated carbocycles. The van der Waals surface area contributed by atoms with E-state index in [0.29, 0.717) is 12.6 Å². The van der Waals surface area contributed by atoms with Gasteiger partial charge in [0.2, 0.25) is 0 Å². The maximum Gasteiger partial charge on any atom is 0.123 e. The van der Waals surface area contributed by atoms with Gasteiger partial charge in [0, 0.05) is 43.8 Å². The van der Waals surface area contributed by atoms with Crippen molar-refractivity contribution < 1.29 is 4.74 Å². The summed E-state index contributed by atoms with van der Waals surface area (Å²) in [6, 6.07) is 7.66. The molecule has 0 aliphatic carbocycles. The van der Waals surface area contributed by atoms with Gasteiger partial charge in [-0.3, -0.25) is 9.80 Å². The van der Waals surface area contributed by atoms with Crippen molar-refractivity contribution >= 4 is 0 Å². The van der Waals surface area contributed by atoms with Crippen molar-refractivity contribution in [3.8, 4) is 5.75 Å². The van der Waals surface area contributed by atoms with Crippen LogP contribution in [-0.2, 0) is 13.1 Å². The Balaban J connectivity index is 1.76. The van der Waals surface area contributed by atoms with Gasteiger partial charge in [0.25, 0.3) is 0 Å². The van der Waals surface area contributed by atoms with Gasteiger partial charge in [-0.15, -0.1) is 0 Å². The van der Waals surface area contributed by atoms with Gasteiger partial charge in [0.15, 0.2) is 0 Å². The second kappa shape index (κ2) is 6.34.